The Morgan fingerprint density at radius 3 is 2.69 bits per heavy atom. The van der Waals surface area contributed by atoms with E-state index < -0.39 is 0 Å². The van der Waals surface area contributed by atoms with Crippen molar-refractivity contribution in [2.75, 3.05) is 6.54 Å². The van der Waals surface area contributed by atoms with Gasteiger partial charge in [-0.1, -0.05) is 33.1 Å². The Labute approximate surface area is 97.8 Å². The van der Waals surface area contributed by atoms with Crippen molar-refractivity contribution in [2.24, 2.45) is 0 Å². The molecule has 2 atom stereocenters. The van der Waals surface area contributed by atoms with Crippen LogP contribution in [0.25, 0.3) is 0 Å². The number of hydrogen-bond acceptors (Lipinski definition) is 3. The van der Waals surface area contributed by atoms with Gasteiger partial charge in [0.2, 0.25) is 5.91 Å². The van der Waals surface area contributed by atoms with E-state index in [9.17, 15) is 9.90 Å². The average Bonchev–Trinajstić information content (AvgIpc) is 2.42. The van der Waals surface area contributed by atoms with Crippen molar-refractivity contribution in [1.29, 1.82) is 0 Å². The maximum absolute atomic E-state index is 11.6. The maximum Gasteiger partial charge on any atom is 0.234 e. The zero-order valence-electron chi connectivity index (χ0n) is 10.3. The highest BCUT2D eigenvalue weighted by molar-refractivity contribution is 5.78. The van der Waals surface area contributed by atoms with Crippen LogP contribution in [-0.2, 0) is 4.79 Å². The van der Waals surface area contributed by atoms with Gasteiger partial charge in [-0.2, -0.15) is 0 Å². The van der Waals surface area contributed by atoms with Crippen molar-refractivity contribution in [3.8, 4) is 0 Å². The van der Waals surface area contributed by atoms with E-state index in [1.807, 2.05) is 13.8 Å². The van der Waals surface area contributed by atoms with Gasteiger partial charge >= 0.3 is 0 Å². The number of carbonyl (C=O) groups excluding carboxylic acids is 1. The molecule has 4 nitrogen and oxygen atoms in total. The lowest BCUT2D eigenvalue weighted by Crippen LogP contribution is -2.46. The second-order valence-electron chi connectivity index (χ2n) is 4.91. The molecule has 0 bridgehead atoms. The molecule has 0 saturated heterocycles. The Kier molecular flexibility index (Phi) is 5.77. The molecule has 0 aromatic heterocycles. The first-order valence-corrected chi connectivity index (χ1v) is 6.30. The quantitative estimate of drug-likeness (QED) is 0.624. The van der Waals surface area contributed by atoms with Gasteiger partial charge in [-0.25, -0.2) is 0 Å². The van der Waals surface area contributed by atoms with Crippen LogP contribution < -0.4 is 10.6 Å². The lowest BCUT2D eigenvalue weighted by Gasteiger charge is -2.22. The summed E-state index contributed by atoms with van der Waals surface area (Å²) in [5.41, 5.74) is 0. The molecule has 0 aromatic carbocycles. The molecule has 94 valence electrons. The van der Waals surface area contributed by atoms with E-state index in [1.165, 1.54) is 0 Å². The average molecular weight is 228 g/mol. The Morgan fingerprint density at radius 1 is 1.31 bits per heavy atom. The van der Waals surface area contributed by atoms with Crippen LogP contribution >= 0.6 is 0 Å². The van der Waals surface area contributed by atoms with E-state index in [1.54, 1.807) is 0 Å². The summed E-state index contributed by atoms with van der Waals surface area (Å²) >= 11 is 0. The molecule has 0 aliphatic heterocycles. The predicted octanol–water partition coefficient (Wildman–Crippen LogP) is 0.794. The minimum atomic E-state index is -0.370. The summed E-state index contributed by atoms with van der Waals surface area (Å²) in [4.78, 5) is 11.6. The lowest BCUT2D eigenvalue weighted by atomic mass is 10.1. The van der Waals surface area contributed by atoms with Crippen LogP contribution in [0.1, 0.15) is 46.0 Å². The largest absolute Gasteiger partial charge is 0.391 e. The highest BCUT2D eigenvalue weighted by atomic mass is 16.3. The topological polar surface area (TPSA) is 61.4 Å². The number of carbonyl (C=O) groups is 1. The Bertz CT molecular complexity index is 219. The van der Waals surface area contributed by atoms with E-state index in [4.69, 9.17) is 0 Å². The lowest BCUT2D eigenvalue weighted by molar-refractivity contribution is -0.122. The predicted molar refractivity (Wildman–Crippen MR) is 64.2 cm³/mol. The summed E-state index contributed by atoms with van der Waals surface area (Å²) in [5, 5.41) is 15.8. The van der Waals surface area contributed by atoms with Crippen LogP contribution in [0.4, 0.5) is 0 Å². The number of rotatable bonds is 4. The Morgan fingerprint density at radius 2 is 2.00 bits per heavy atom. The van der Waals surface area contributed by atoms with Crippen LogP contribution in [-0.4, -0.2) is 35.7 Å². The van der Waals surface area contributed by atoms with Gasteiger partial charge in [0.1, 0.15) is 0 Å². The second-order valence-corrected chi connectivity index (χ2v) is 4.91. The zero-order valence-corrected chi connectivity index (χ0v) is 10.3. The molecule has 3 N–H and O–H groups in total. The summed E-state index contributed by atoms with van der Waals surface area (Å²) in [6.45, 7) is 4.35. The first-order chi connectivity index (χ1) is 7.59. The van der Waals surface area contributed by atoms with E-state index >= 15 is 0 Å². The molecule has 4 heteroatoms. The second kappa shape index (κ2) is 6.86. The summed E-state index contributed by atoms with van der Waals surface area (Å²) in [5.74, 6) is -0.0142. The minimum absolute atomic E-state index is 0.0142. The molecule has 1 aliphatic carbocycles. The van der Waals surface area contributed by atoms with E-state index in [2.05, 4.69) is 10.6 Å². The third kappa shape index (κ3) is 4.94. The third-order valence-corrected chi connectivity index (χ3v) is 3.00. The number of hydrogen-bond donors (Lipinski definition) is 3. The van der Waals surface area contributed by atoms with Crippen LogP contribution in [0.3, 0.4) is 0 Å². The van der Waals surface area contributed by atoms with Gasteiger partial charge in [0, 0.05) is 6.04 Å². The van der Waals surface area contributed by atoms with Gasteiger partial charge in [-0.15, -0.1) is 0 Å². The van der Waals surface area contributed by atoms with Gasteiger partial charge in [0.15, 0.2) is 0 Å². The smallest absolute Gasteiger partial charge is 0.234 e. The SMILES string of the molecule is CC(C)NCC(=O)NC1CCCCCC1O. The standard InChI is InChI=1S/C12H24N2O2/c1-9(2)13-8-12(16)14-10-6-4-3-5-7-11(10)15/h9-11,13,15H,3-8H2,1-2H3,(H,14,16). The maximum atomic E-state index is 11.6. The Hall–Kier alpha value is -0.610. The van der Waals surface area contributed by atoms with Crippen LogP contribution in [0.2, 0.25) is 0 Å². The van der Waals surface area contributed by atoms with Gasteiger partial charge in [0.25, 0.3) is 0 Å². The molecule has 1 aliphatic rings. The van der Waals surface area contributed by atoms with E-state index in [0.717, 1.165) is 32.1 Å². The van der Waals surface area contributed by atoms with Crippen molar-refractivity contribution in [1.82, 2.24) is 10.6 Å². The zero-order chi connectivity index (χ0) is 12.0. The summed E-state index contributed by atoms with van der Waals surface area (Å²) < 4.78 is 0. The fourth-order valence-electron chi connectivity index (χ4n) is 2.01. The van der Waals surface area contributed by atoms with E-state index in [-0.39, 0.29) is 18.1 Å². The summed E-state index contributed by atoms with van der Waals surface area (Å²) in [6, 6.07) is 0.258. The fourth-order valence-corrected chi connectivity index (χ4v) is 2.01. The van der Waals surface area contributed by atoms with Gasteiger partial charge < -0.3 is 15.7 Å². The van der Waals surface area contributed by atoms with Crippen molar-refractivity contribution in [3.63, 3.8) is 0 Å². The number of aliphatic hydroxyl groups is 1. The van der Waals surface area contributed by atoms with Crippen LogP contribution in [0.5, 0.6) is 0 Å². The molecular formula is C12H24N2O2. The van der Waals surface area contributed by atoms with E-state index in [0.29, 0.717) is 12.6 Å². The molecule has 0 radical (unpaired) electrons. The number of nitrogens with one attached hydrogen (secondary N) is 2. The molecule has 1 amide bonds. The monoisotopic (exact) mass is 228 g/mol. The number of aliphatic hydroxyl groups excluding tert-OH is 1. The molecule has 0 spiro atoms. The normalized spacial score (nSPS) is 26.5. The highest BCUT2D eigenvalue weighted by Gasteiger charge is 2.22. The first kappa shape index (κ1) is 13.5. The molecule has 1 rings (SSSR count). The van der Waals surface area contributed by atoms with Gasteiger partial charge in [0.05, 0.1) is 18.7 Å². The van der Waals surface area contributed by atoms with Gasteiger partial charge in [-0.05, 0) is 12.8 Å². The van der Waals surface area contributed by atoms with Crippen LogP contribution in [0, 0.1) is 0 Å². The highest BCUT2D eigenvalue weighted by Crippen LogP contribution is 2.17. The van der Waals surface area contributed by atoms with Crippen molar-refractivity contribution < 1.29 is 9.90 Å². The Balaban J connectivity index is 2.30. The fraction of sp³-hybridized carbons (Fsp3) is 0.917. The first-order valence-electron chi connectivity index (χ1n) is 6.30. The molecule has 2 unspecified atom stereocenters. The molecular weight excluding hydrogens is 204 g/mol. The summed E-state index contributed by atoms with van der Waals surface area (Å²) in [7, 11) is 0. The van der Waals surface area contributed by atoms with Crippen LogP contribution in [0.15, 0.2) is 0 Å². The molecule has 1 saturated carbocycles. The van der Waals surface area contributed by atoms with Crippen molar-refractivity contribution in [2.45, 2.75) is 64.1 Å². The number of amides is 1. The van der Waals surface area contributed by atoms with Gasteiger partial charge in [-0.3, -0.25) is 4.79 Å². The summed E-state index contributed by atoms with van der Waals surface area (Å²) in [6.07, 6.45) is 4.66. The molecule has 0 heterocycles. The third-order valence-electron chi connectivity index (χ3n) is 3.00. The minimum Gasteiger partial charge on any atom is -0.391 e. The molecule has 0 aromatic rings. The molecule has 1 fully saturated rings. The van der Waals surface area contributed by atoms with Crippen molar-refractivity contribution in [3.05, 3.63) is 0 Å². The van der Waals surface area contributed by atoms with Crippen molar-refractivity contribution >= 4 is 5.91 Å². The molecule has 16 heavy (non-hydrogen) atoms.